The molecule has 5 nitrogen and oxygen atoms in total. The Kier molecular flexibility index (Phi) is 5.84. The molecular formula is C18H22N2O3. The normalized spacial score (nSPS) is 11.2. The van der Waals surface area contributed by atoms with Gasteiger partial charge in [0.15, 0.2) is 0 Å². The van der Waals surface area contributed by atoms with E-state index in [1.54, 1.807) is 12.1 Å². The minimum Gasteiger partial charge on any atom is -0.392 e. The van der Waals surface area contributed by atoms with E-state index in [1.807, 2.05) is 36.4 Å². The zero-order chi connectivity index (χ0) is 16.8. The van der Waals surface area contributed by atoms with Crippen LogP contribution in [-0.4, -0.2) is 21.0 Å². The van der Waals surface area contributed by atoms with Crippen LogP contribution in [0.25, 0.3) is 0 Å². The second-order valence-electron chi connectivity index (χ2n) is 5.90. The third-order valence-electron chi connectivity index (χ3n) is 3.85. The lowest BCUT2D eigenvalue weighted by molar-refractivity contribution is -0.384. The number of aliphatic hydroxyl groups is 1. The van der Waals surface area contributed by atoms with Gasteiger partial charge in [-0.1, -0.05) is 36.4 Å². The number of hydrogen-bond donors (Lipinski definition) is 1. The Morgan fingerprint density at radius 1 is 0.957 bits per heavy atom. The predicted octanol–water partition coefficient (Wildman–Crippen LogP) is 3.50. The van der Waals surface area contributed by atoms with E-state index in [-0.39, 0.29) is 17.2 Å². The summed E-state index contributed by atoms with van der Waals surface area (Å²) in [5.74, 6) is 0. The molecule has 2 aromatic carbocycles. The highest BCUT2D eigenvalue weighted by Crippen LogP contribution is 2.17. The number of nitro benzene ring substituents is 1. The average Bonchev–Trinajstić information content (AvgIpc) is 2.55. The molecule has 2 aromatic rings. The lowest BCUT2D eigenvalue weighted by Crippen LogP contribution is -2.29. The summed E-state index contributed by atoms with van der Waals surface area (Å²) < 4.78 is 0. The first kappa shape index (κ1) is 17.1. The molecule has 0 aliphatic carbocycles. The molecule has 0 aromatic heterocycles. The molecule has 0 saturated heterocycles. The van der Waals surface area contributed by atoms with Crippen molar-refractivity contribution in [2.24, 2.45) is 0 Å². The van der Waals surface area contributed by atoms with Gasteiger partial charge < -0.3 is 5.11 Å². The number of nitro groups is 1. The number of rotatable bonds is 7. The number of hydrogen-bond acceptors (Lipinski definition) is 4. The fourth-order valence-corrected chi connectivity index (χ4v) is 2.36. The second-order valence-corrected chi connectivity index (χ2v) is 5.90. The van der Waals surface area contributed by atoms with Gasteiger partial charge in [0.2, 0.25) is 0 Å². The molecule has 122 valence electrons. The van der Waals surface area contributed by atoms with Crippen LogP contribution in [0.1, 0.15) is 30.5 Å². The molecule has 23 heavy (non-hydrogen) atoms. The highest BCUT2D eigenvalue weighted by molar-refractivity contribution is 5.33. The van der Waals surface area contributed by atoms with E-state index in [0.29, 0.717) is 6.04 Å². The fraction of sp³-hybridized carbons (Fsp3) is 0.333. The van der Waals surface area contributed by atoms with Crippen molar-refractivity contribution in [3.05, 3.63) is 75.3 Å². The van der Waals surface area contributed by atoms with E-state index in [9.17, 15) is 10.1 Å². The lowest BCUT2D eigenvalue weighted by atomic mass is 10.1. The number of nitrogens with zero attached hydrogens (tertiary/aromatic N) is 2. The Balaban J connectivity index is 2.07. The van der Waals surface area contributed by atoms with Crippen LogP contribution in [0.4, 0.5) is 5.69 Å². The van der Waals surface area contributed by atoms with Crippen LogP contribution in [-0.2, 0) is 19.7 Å². The molecule has 0 unspecified atom stereocenters. The fourth-order valence-electron chi connectivity index (χ4n) is 2.36. The maximum atomic E-state index is 10.7. The Morgan fingerprint density at radius 2 is 1.39 bits per heavy atom. The summed E-state index contributed by atoms with van der Waals surface area (Å²) in [6.07, 6.45) is 0. The minimum atomic E-state index is -0.382. The molecule has 0 fully saturated rings. The molecule has 0 aliphatic heterocycles. The van der Waals surface area contributed by atoms with Gasteiger partial charge in [-0.3, -0.25) is 15.0 Å². The van der Waals surface area contributed by atoms with Crippen molar-refractivity contribution in [3.8, 4) is 0 Å². The summed E-state index contributed by atoms with van der Waals surface area (Å²) in [6.45, 7) is 5.84. The van der Waals surface area contributed by atoms with Crippen LogP contribution in [0, 0.1) is 10.1 Å². The Bertz CT molecular complexity index is 636. The summed E-state index contributed by atoms with van der Waals surface area (Å²) in [6, 6.07) is 15.0. The largest absolute Gasteiger partial charge is 0.392 e. The molecule has 1 N–H and O–H groups in total. The first-order valence-corrected chi connectivity index (χ1v) is 7.65. The second kappa shape index (κ2) is 7.85. The quantitative estimate of drug-likeness (QED) is 0.627. The SMILES string of the molecule is CC(C)N(Cc1ccc(CO)cc1)Cc1ccc([N+](=O)[O-])cc1. The van der Waals surface area contributed by atoms with Crippen molar-refractivity contribution in [2.45, 2.75) is 39.6 Å². The molecule has 2 rings (SSSR count). The van der Waals surface area contributed by atoms with Gasteiger partial charge in [0.1, 0.15) is 0 Å². The van der Waals surface area contributed by atoms with Crippen molar-refractivity contribution >= 4 is 5.69 Å². The average molecular weight is 314 g/mol. The van der Waals surface area contributed by atoms with Gasteiger partial charge in [-0.25, -0.2) is 0 Å². The topological polar surface area (TPSA) is 66.6 Å². The van der Waals surface area contributed by atoms with Crippen LogP contribution in [0.5, 0.6) is 0 Å². The van der Waals surface area contributed by atoms with Gasteiger partial charge >= 0.3 is 0 Å². The van der Waals surface area contributed by atoms with Gasteiger partial charge in [0.05, 0.1) is 11.5 Å². The lowest BCUT2D eigenvalue weighted by Gasteiger charge is -2.26. The summed E-state index contributed by atoms with van der Waals surface area (Å²) in [4.78, 5) is 12.6. The molecule has 0 saturated carbocycles. The zero-order valence-electron chi connectivity index (χ0n) is 13.5. The molecule has 0 atom stereocenters. The third kappa shape index (κ3) is 4.87. The van der Waals surface area contributed by atoms with E-state index in [2.05, 4.69) is 18.7 Å². The van der Waals surface area contributed by atoms with Crippen LogP contribution >= 0.6 is 0 Å². The van der Waals surface area contributed by atoms with Crippen LogP contribution < -0.4 is 0 Å². The molecule has 0 amide bonds. The van der Waals surface area contributed by atoms with E-state index in [1.165, 1.54) is 5.56 Å². The summed E-state index contributed by atoms with van der Waals surface area (Å²) in [7, 11) is 0. The molecule has 0 heterocycles. The highest BCUT2D eigenvalue weighted by Gasteiger charge is 2.12. The smallest absolute Gasteiger partial charge is 0.269 e. The maximum Gasteiger partial charge on any atom is 0.269 e. The number of benzene rings is 2. The molecule has 5 heteroatoms. The Hall–Kier alpha value is -2.24. The Morgan fingerprint density at radius 3 is 1.78 bits per heavy atom. The third-order valence-corrected chi connectivity index (χ3v) is 3.85. The van der Waals surface area contributed by atoms with Gasteiger partial charge in [-0.05, 0) is 30.5 Å². The van der Waals surface area contributed by atoms with Crippen molar-refractivity contribution in [3.63, 3.8) is 0 Å². The Labute approximate surface area is 136 Å². The van der Waals surface area contributed by atoms with Crippen molar-refractivity contribution < 1.29 is 10.0 Å². The molecule has 0 bridgehead atoms. The molecule has 0 radical (unpaired) electrons. The van der Waals surface area contributed by atoms with Gasteiger partial charge in [-0.15, -0.1) is 0 Å². The van der Waals surface area contributed by atoms with E-state index < -0.39 is 0 Å². The molecular weight excluding hydrogens is 292 g/mol. The van der Waals surface area contributed by atoms with Crippen LogP contribution in [0.3, 0.4) is 0 Å². The van der Waals surface area contributed by atoms with E-state index in [4.69, 9.17) is 5.11 Å². The number of aliphatic hydroxyl groups excluding tert-OH is 1. The predicted molar refractivity (Wildman–Crippen MR) is 89.8 cm³/mol. The maximum absolute atomic E-state index is 10.7. The molecule has 0 spiro atoms. The summed E-state index contributed by atoms with van der Waals surface area (Å²) >= 11 is 0. The van der Waals surface area contributed by atoms with Gasteiger partial charge in [-0.2, -0.15) is 0 Å². The minimum absolute atomic E-state index is 0.0525. The summed E-state index contributed by atoms with van der Waals surface area (Å²) in [5.41, 5.74) is 3.25. The van der Waals surface area contributed by atoms with E-state index in [0.717, 1.165) is 24.2 Å². The van der Waals surface area contributed by atoms with E-state index >= 15 is 0 Å². The standard InChI is InChI=1S/C18H22N2O3/c1-14(2)19(11-15-3-5-17(13-21)6-4-15)12-16-7-9-18(10-8-16)20(22)23/h3-10,14,21H,11-13H2,1-2H3. The first-order chi connectivity index (χ1) is 11.0. The zero-order valence-corrected chi connectivity index (χ0v) is 13.5. The summed E-state index contributed by atoms with van der Waals surface area (Å²) in [5, 5.41) is 19.8. The first-order valence-electron chi connectivity index (χ1n) is 7.65. The van der Waals surface area contributed by atoms with Crippen molar-refractivity contribution in [1.29, 1.82) is 0 Å². The number of non-ortho nitro benzene ring substituents is 1. The van der Waals surface area contributed by atoms with Crippen molar-refractivity contribution in [2.75, 3.05) is 0 Å². The van der Waals surface area contributed by atoms with Crippen LogP contribution in [0.15, 0.2) is 48.5 Å². The van der Waals surface area contributed by atoms with Gasteiger partial charge in [0, 0.05) is 31.3 Å². The van der Waals surface area contributed by atoms with Crippen molar-refractivity contribution in [1.82, 2.24) is 4.90 Å². The molecule has 0 aliphatic rings. The van der Waals surface area contributed by atoms with Gasteiger partial charge in [0.25, 0.3) is 5.69 Å². The monoisotopic (exact) mass is 314 g/mol. The highest BCUT2D eigenvalue weighted by atomic mass is 16.6. The van der Waals surface area contributed by atoms with Crippen LogP contribution in [0.2, 0.25) is 0 Å².